The molecule has 16 heavy (non-hydrogen) atoms. The predicted octanol–water partition coefficient (Wildman–Crippen LogP) is 1.21. The van der Waals surface area contributed by atoms with E-state index in [2.05, 4.69) is 0 Å². The molecule has 1 saturated carbocycles. The average Bonchev–Trinajstić information content (AvgIpc) is 3.03. The van der Waals surface area contributed by atoms with Gasteiger partial charge in [-0.15, -0.1) is 0 Å². The van der Waals surface area contributed by atoms with Crippen molar-refractivity contribution in [3.05, 3.63) is 0 Å². The van der Waals surface area contributed by atoms with Gasteiger partial charge in [-0.25, -0.2) is 0 Å². The van der Waals surface area contributed by atoms with Gasteiger partial charge in [-0.3, -0.25) is 9.69 Å². The van der Waals surface area contributed by atoms with Gasteiger partial charge in [-0.1, -0.05) is 0 Å². The van der Waals surface area contributed by atoms with Gasteiger partial charge in [-0.2, -0.15) is 0 Å². The maximum absolute atomic E-state index is 11.2. The molecule has 1 aliphatic carbocycles. The van der Waals surface area contributed by atoms with E-state index < -0.39 is 5.97 Å². The second-order valence-corrected chi connectivity index (χ2v) is 5.12. The molecular formula is C12H21NO3. The van der Waals surface area contributed by atoms with E-state index in [-0.39, 0.29) is 6.04 Å². The third-order valence-electron chi connectivity index (χ3n) is 3.68. The van der Waals surface area contributed by atoms with E-state index in [1.54, 1.807) is 0 Å². The highest BCUT2D eigenvalue weighted by molar-refractivity contribution is 5.74. The number of carboxylic acids is 1. The molecule has 1 unspecified atom stereocenters. The highest BCUT2D eigenvalue weighted by Crippen LogP contribution is 2.35. The molecule has 0 aromatic heterocycles. The zero-order chi connectivity index (χ0) is 11.5. The molecule has 1 saturated heterocycles. The van der Waals surface area contributed by atoms with Crippen LogP contribution in [-0.2, 0) is 9.53 Å². The Morgan fingerprint density at radius 1 is 1.38 bits per heavy atom. The summed E-state index contributed by atoms with van der Waals surface area (Å²) in [5, 5.41) is 9.22. The monoisotopic (exact) mass is 227 g/mol. The van der Waals surface area contributed by atoms with E-state index in [1.807, 2.05) is 11.9 Å². The van der Waals surface area contributed by atoms with Crippen LogP contribution in [0.4, 0.5) is 0 Å². The topological polar surface area (TPSA) is 49.8 Å². The van der Waals surface area contributed by atoms with Gasteiger partial charge in [0.1, 0.15) is 6.04 Å². The van der Waals surface area contributed by atoms with Crippen molar-refractivity contribution in [2.75, 3.05) is 26.8 Å². The minimum absolute atomic E-state index is 0.261. The molecule has 92 valence electrons. The summed E-state index contributed by atoms with van der Waals surface area (Å²) in [4.78, 5) is 13.2. The van der Waals surface area contributed by atoms with Crippen LogP contribution in [0.2, 0.25) is 0 Å². The van der Waals surface area contributed by atoms with Gasteiger partial charge >= 0.3 is 5.97 Å². The molecule has 1 atom stereocenters. The maximum atomic E-state index is 11.2. The van der Waals surface area contributed by atoms with Gasteiger partial charge in [0, 0.05) is 19.8 Å². The summed E-state index contributed by atoms with van der Waals surface area (Å²) in [6, 6.07) is -0.261. The summed E-state index contributed by atoms with van der Waals surface area (Å²) in [5.41, 5.74) is 0. The lowest BCUT2D eigenvalue weighted by Gasteiger charge is -2.30. The van der Waals surface area contributed by atoms with Crippen LogP contribution in [0.5, 0.6) is 0 Å². The van der Waals surface area contributed by atoms with Gasteiger partial charge in [0.25, 0.3) is 0 Å². The minimum atomic E-state index is -0.656. The zero-order valence-electron chi connectivity index (χ0n) is 9.89. The fourth-order valence-corrected chi connectivity index (χ4v) is 2.61. The Kier molecular flexibility index (Phi) is 3.82. The lowest BCUT2D eigenvalue weighted by atomic mass is 9.98. The first-order chi connectivity index (χ1) is 7.68. The van der Waals surface area contributed by atoms with Crippen LogP contribution in [0.25, 0.3) is 0 Å². The number of aliphatic carboxylic acids is 1. The Balaban J connectivity index is 1.84. The van der Waals surface area contributed by atoms with Gasteiger partial charge < -0.3 is 9.84 Å². The molecule has 1 N–H and O–H groups in total. The molecule has 0 spiro atoms. The van der Waals surface area contributed by atoms with Crippen LogP contribution < -0.4 is 0 Å². The van der Waals surface area contributed by atoms with Crippen molar-refractivity contribution in [3.63, 3.8) is 0 Å². The maximum Gasteiger partial charge on any atom is 0.321 e. The molecule has 2 aliphatic rings. The van der Waals surface area contributed by atoms with Gasteiger partial charge in [0.15, 0.2) is 0 Å². The van der Waals surface area contributed by atoms with Crippen molar-refractivity contribution in [1.29, 1.82) is 0 Å². The number of carbonyl (C=O) groups is 1. The Bertz CT molecular complexity index is 247. The number of ether oxygens (including phenoxy) is 1. The molecule has 2 fully saturated rings. The zero-order valence-corrected chi connectivity index (χ0v) is 9.89. The smallest absolute Gasteiger partial charge is 0.321 e. The molecule has 0 aromatic rings. The van der Waals surface area contributed by atoms with Crippen molar-refractivity contribution >= 4 is 5.97 Å². The number of rotatable bonds is 5. The average molecular weight is 227 g/mol. The van der Waals surface area contributed by atoms with Gasteiger partial charge in [0.2, 0.25) is 0 Å². The molecular weight excluding hydrogens is 206 g/mol. The Morgan fingerprint density at radius 2 is 2.00 bits per heavy atom. The molecule has 0 aromatic carbocycles. The van der Waals surface area contributed by atoms with Crippen molar-refractivity contribution < 1.29 is 14.6 Å². The van der Waals surface area contributed by atoms with Crippen molar-refractivity contribution in [2.24, 2.45) is 11.8 Å². The second-order valence-electron chi connectivity index (χ2n) is 5.12. The first-order valence-electron chi connectivity index (χ1n) is 6.19. The Morgan fingerprint density at radius 3 is 2.50 bits per heavy atom. The van der Waals surface area contributed by atoms with Crippen LogP contribution in [-0.4, -0.2) is 48.8 Å². The minimum Gasteiger partial charge on any atom is -0.480 e. The van der Waals surface area contributed by atoms with Crippen LogP contribution in [0.1, 0.15) is 25.7 Å². The highest BCUT2D eigenvalue weighted by Gasteiger charge is 2.39. The largest absolute Gasteiger partial charge is 0.480 e. The first-order valence-corrected chi connectivity index (χ1v) is 6.19. The Labute approximate surface area is 96.6 Å². The third kappa shape index (κ3) is 2.95. The van der Waals surface area contributed by atoms with Crippen molar-refractivity contribution in [3.8, 4) is 0 Å². The fraction of sp³-hybridized carbons (Fsp3) is 0.917. The third-order valence-corrected chi connectivity index (χ3v) is 3.68. The molecule has 4 heteroatoms. The molecule has 0 amide bonds. The van der Waals surface area contributed by atoms with Crippen LogP contribution >= 0.6 is 0 Å². The number of nitrogens with zero attached hydrogens (tertiary/aromatic N) is 1. The summed E-state index contributed by atoms with van der Waals surface area (Å²) >= 11 is 0. The standard InChI is InChI=1S/C12H21NO3/c1-13(8-9-4-6-16-7-5-9)11(12(14)15)10-2-3-10/h9-11H,2-8H2,1H3,(H,14,15). The van der Waals surface area contributed by atoms with Crippen molar-refractivity contribution in [1.82, 2.24) is 4.90 Å². The molecule has 1 heterocycles. The molecule has 1 aliphatic heterocycles. The molecule has 0 radical (unpaired) electrons. The predicted molar refractivity (Wildman–Crippen MR) is 60.3 cm³/mol. The molecule has 0 bridgehead atoms. The van der Waals surface area contributed by atoms with E-state index in [0.717, 1.165) is 45.4 Å². The van der Waals surface area contributed by atoms with E-state index in [4.69, 9.17) is 4.74 Å². The quantitative estimate of drug-likeness (QED) is 0.767. The fourth-order valence-electron chi connectivity index (χ4n) is 2.61. The van der Waals surface area contributed by atoms with Crippen LogP contribution in [0.3, 0.4) is 0 Å². The van der Waals surface area contributed by atoms with E-state index in [0.29, 0.717) is 11.8 Å². The summed E-state index contributed by atoms with van der Waals surface area (Å²) in [6.07, 6.45) is 4.30. The van der Waals surface area contributed by atoms with E-state index in [9.17, 15) is 9.90 Å². The highest BCUT2D eigenvalue weighted by atomic mass is 16.5. The SMILES string of the molecule is CN(CC1CCOCC1)C(C(=O)O)C1CC1. The number of hydrogen-bond donors (Lipinski definition) is 1. The molecule has 2 rings (SSSR count). The number of carboxylic acid groups (broad SMARTS) is 1. The number of likely N-dealkylation sites (N-methyl/N-ethyl adjacent to an activating group) is 1. The van der Waals surface area contributed by atoms with Crippen LogP contribution in [0.15, 0.2) is 0 Å². The lowest BCUT2D eigenvalue weighted by Crippen LogP contribution is -2.43. The van der Waals surface area contributed by atoms with Gasteiger partial charge in [-0.05, 0) is 44.6 Å². The van der Waals surface area contributed by atoms with Crippen LogP contribution in [0, 0.1) is 11.8 Å². The summed E-state index contributed by atoms with van der Waals surface area (Å²) < 4.78 is 5.31. The Hall–Kier alpha value is -0.610. The summed E-state index contributed by atoms with van der Waals surface area (Å²) in [7, 11) is 1.95. The molecule has 4 nitrogen and oxygen atoms in total. The van der Waals surface area contributed by atoms with E-state index in [1.165, 1.54) is 0 Å². The lowest BCUT2D eigenvalue weighted by molar-refractivity contribution is -0.144. The summed E-state index contributed by atoms with van der Waals surface area (Å²) in [6.45, 7) is 2.57. The first kappa shape index (κ1) is 11.9. The normalized spacial score (nSPS) is 24.6. The van der Waals surface area contributed by atoms with Crippen molar-refractivity contribution in [2.45, 2.75) is 31.7 Å². The van der Waals surface area contributed by atoms with E-state index >= 15 is 0 Å². The van der Waals surface area contributed by atoms with Gasteiger partial charge in [0.05, 0.1) is 0 Å². The summed E-state index contributed by atoms with van der Waals surface area (Å²) in [5.74, 6) is 0.346. The number of hydrogen-bond acceptors (Lipinski definition) is 3. The second kappa shape index (κ2) is 5.15.